The molecular weight excluding hydrogens is 354 g/mol. The highest BCUT2D eigenvalue weighted by Crippen LogP contribution is 2.29. The number of carbonyl (C=O) groups is 1. The molecule has 0 heterocycles. The minimum absolute atomic E-state index is 0.180. The molecule has 0 saturated carbocycles. The zero-order chi connectivity index (χ0) is 17.0. The zero-order valence-electron chi connectivity index (χ0n) is 13.6. The van der Waals surface area contributed by atoms with Gasteiger partial charge in [-0.3, -0.25) is 4.79 Å². The van der Waals surface area contributed by atoms with Crippen molar-refractivity contribution in [1.29, 1.82) is 0 Å². The molecule has 0 bridgehead atoms. The third-order valence-corrected chi connectivity index (χ3v) is 4.08. The summed E-state index contributed by atoms with van der Waals surface area (Å²) < 4.78 is 6.37. The van der Waals surface area contributed by atoms with E-state index in [9.17, 15) is 4.79 Å². The van der Waals surface area contributed by atoms with Gasteiger partial charge in [0.25, 0.3) is 5.91 Å². The second-order valence-electron chi connectivity index (χ2n) is 5.36. The summed E-state index contributed by atoms with van der Waals surface area (Å²) in [5.41, 5.74) is 4.16. The van der Waals surface area contributed by atoms with Crippen molar-refractivity contribution in [3.8, 4) is 5.75 Å². The molecule has 0 aliphatic heterocycles. The SMILES string of the molecule is C=C(C)c1ccc(OCC)c(NC(=O)c2cc(C)ccc2Br)c1. The van der Waals surface area contributed by atoms with Gasteiger partial charge in [-0.25, -0.2) is 0 Å². The number of ether oxygens (including phenoxy) is 1. The maximum atomic E-state index is 12.6. The molecule has 0 fully saturated rings. The molecule has 0 aliphatic carbocycles. The summed E-state index contributed by atoms with van der Waals surface area (Å²) in [6, 6.07) is 11.4. The van der Waals surface area contributed by atoms with E-state index >= 15 is 0 Å². The average molecular weight is 374 g/mol. The largest absolute Gasteiger partial charge is 0.492 e. The van der Waals surface area contributed by atoms with Crippen molar-refractivity contribution in [2.75, 3.05) is 11.9 Å². The van der Waals surface area contributed by atoms with E-state index in [2.05, 4.69) is 27.8 Å². The minimum Gasteiger partial charge on any atom is -0.492 e. The average Bonchev–Trinajstić information content (AvgIpc) is 2.51. The number of hydrogen-bond donors (Lipinski definition) is 1. The van der Waals surface area contributed by atoms with Gasteiger partial charge in [-0.1, -0.05) is 29.8 Å². The van der Waals surface area contributed by atoms with Gasteiger partial charge in [-0.2, -0.15) is 0 Å². The van der Waals surface area contributed by atoms with Crippen molar-refractivity contribution in [3.63, 3.8) is 0 Å². The Hall–Kier alpha value is -2.07. The lowest BCUT2D eigenvalue weighted by molar-refractivity contribution is 0.102. The van der Waals surface area contributed by atoms with Crippen LogP contribution in [0.25, 0.3) is 5.57 Å². The van der Waals surface area contributed by atoms with Gasteiger partial charge in [-0.05, 0) is 66.5 Å². The van der Waals surface area contributed by atoms with Crippen LogP contribution in [-0.2, 0) is 0 Å². The first-order valence-corrected chi connectivity index (χ1v) is 8.22. The zero-order valence-corrected chi connectivity index (χ0v) is 15.2. The molecule has 0 atom stereocenters. The van der Waals surface area contributed by atoms with Crippen molar-refractivity contribution < 1.29 is 9.53 Å². The van der Waals surface area contributed by atoms with E-state index in [1.165, 1.54) is 0 Å². The minimum atomic E-state index is -0.180. The number of benzene rings is 2. The number of allylic oxidation sites excluding steroid dienone is 1. The highest BCUT2D eigenvalue weighted by molar-refractivity contribution is 9.10. The number of amides is 1. The van der Waals surface area contributed by atoms with Crippen LogP contribution in [0.4, 0.5) is 5.69 Å². The number of rotatable bonds is 5. The van der Waals surface area contributed by atoms with E-state index in [1.807, 2.05) is 57.2 Å². The summed E-state index contributed by atoms with van der Waals surface area (Å²) in [6.45, 7) is 10.3. The summed E-state index contributed by atoms with van der Waals surface area (Å²) in [6.07, 6.45) is 0. The third kappa shape index (κ3) is 4.23. The number of halogens is 1. The number of carbonyl (C=O) groups excluding carboxylic acids is 1. The lowest BCUT2D eigenvalue weighted by atomic mass is 10.1. The highest BCUT2D eigenvalue weighted by Gasteiger charge is 2.14. The molecule has 0 saturated heterocycles. The number of hydrogen-bond acceptors (Lipinski definition) is 2. The third-order valence-electron chi connectivity index (χ3n) is 3.39. The van der Waals surface area contributed by atoms with Gasteiger partial charge in [-0.15, -0.1) is 0 Å². The van der Waals surface area contributed by atoms with E-state index in [4.69, 9.17) is 4.74 Å². The Kier molecular flexibility index (Phi) is 5.61. The summed E-state index contributed by atoms with van der Waals surface area (Å²) >= 11 is 3.43. The van der Waals surface area contributed by atoms with E-state index in [1.54, 1.807) is 0 Å². The van der Waals surface area contributed by atoms with Gasteiger partial charge in [0.15, 0.2) is 0 Å². The molecular formula is C19H20BrNO2. The number of anilines is 1. The maximum Gasteiger partial charge on any atom is 0.256 e. The van der Waals surface area contributed by atoms with Crippen LogP contribution in [0.5, 0.6) is 5.75 Å². The Morgan fingerprint density at radius 1 is 1.26 bits per heavy atom. The van der Waals surface area contributed by atoms with Gasteiger partial charge in [0.2, 0.25) is 0 Å². The van der Waals surface area contributed by atoms with E-state index in [-0.39, 0.29) is 5.91 Å². The number of aryl methyl sites for hydroxylation is 1. The predicted octanol–water partition coefficient (Wildman–Crippen LogP) is 5.44. The molecule has 0 spiro atoms. The van der Waals surface area contributed by atoms with Gasteiger partial charge >= 0.3 is 0 Å². The fourth-order valence-corrected chi connectivity index (χ4v) is 2.60. The van der Waals surface area contributed by atoms with Gasteiger partial charge in [0.1, 0.15) is 5.75 Å². The molecule has 23 heavy (non-hydrogen) atoms. The molecule has 1 amide bonds. The van der Waals surface area contributed by atoms with Crippen molar-refractivity contribution in [2.24, 2.45) is 0 Å². The maximum absolute atomic E-state index is 12.6. The molecule has 0 unspecified atom stereocenters. The normalized spacial score (nSPS) is 10.3. The second kappa shape index (κ2) is 7.47. The first kappa shape index (κ1) is 17.3. The van der Waals surface area contributed by atoms with Gasteiger partial charge in [0, 0.05) is 4.47 Å². The van der Waals surface area contributed by atoms with Crippen LogP contribution in [0.2, 0.25) is 0 Å². The summed E-state index contributed by atoms with van der Waals surface area (Å²) in [4.78, 5) is 12.6. The molecule has 2 aromatic carbocycles. The molecule has 0 aliphatic rings. The lowest BCUT2D eigenvalue weighted by Gasteiger charge is -2.14. The van der Waals surface area contributed by atoms with E-state index in [0.29, 0.717) is 23.6 Å². The molecule has 3 nitrogen and oxygen atoms in total. The second-order valence-corrected chi connectivity index (χ2v) is 6.22. The van der Waals surface area contributed by atoms with Gasteiger partial charge < -0.3 is 10.1 Å². The number of nitrogens with one attached hydrogen (secondary N) is 1. The van der Waals surface area contributed by atoms with Crippen LogP contribution >= 0.6 is 15.9 Å². The molecule has 2 rings (SSSR count). The molecule has 0 aromatic heterocycles. The topological polar surface area (TPSA) is 38.3 Å². The standard InChI is InChI=1S/C19H20BrNO2/c1-5-23-18-9-7-14(12(2)3)11-17(18)21-19(22)15-10-13(4)6-8-16(15)20/h6-11H,2,5H2,1,3-4H3,(H,21,22). The first-order valence-electron chi connectivity index (χ1n) is 7.42. The van der Waals surface area contributed by atoms with Gasteiger partial charge in [0.05, 0.1) is 17.9 Å². The Morgan fingerprint density at radius 3 is 2.65 bits per heavy atom. The van der Waals surface area contributed by atoms with Crippen LogP contribution in [0, 0.1) is 6.92 Å². The Morgan fingerprint density at radius 2 is 2.00 bits per heavy atom. The highest BCUT2D eigenvalue weighted by atomic mass is 79.9. The van der Waals surface area contributed by atoms with Crippen molar-refractivity contribution >= 4 is 33.1 Å². The summed E-state index contributed by atoms with van der Waals surface area (Å²) in [7, 11) is 0. The monoisotopic (exact) mass is 373 g/mol. The summed E-state index contributed by atoms with van der Waals surface area (Å²) in [5, 5.41) is 2.94. The quantitative estimate of drug-likeness (QED) is 0.757. The fourth-order valence-electron chi connectivity index (χ4n) is 2.18. The van der Waals surface area contributed by atoms with E-state index in [0.717, 1.165) is 21.2 Å². The molecule has 0 radical (unpaired) electrons. The molecule has 4 heteroatoms. The Balaban J connectivity index is 2.37. The first-order chi connectivity index (χ1) is 10.9. The van der Waals surface area contributed by atoms with Crippen LogP contribution in [0.15, 0.2) is 47.4 Å². The molecule has 120 valence electrons. The van der Waals surface area contributed by atoms with Crippen molar-refractivity contribution in [3.05, 3.63) is 64.1 Å². The van der Waals surface area contributed by atoms with Crippen LogP contribution in [0.3, 0.4) is 0 Å². The van der Waals surface area contributed by atoms with Crippen LogP contribution in [0.1, 0.15) is 35.3 Å². The smallest absolute Gasteiger partial charge is 0.256 e. The Bertz CT molecular complexity index is 753. The van der Waals surface area contributed by atoms with Crippen LogP contribution in [-0.4, -0.2) is 12.5 Å². The molecule has 1 N–H and O–H groups in total. The predicted molar refractivity (Wildman–Crippen MR) is 99.2 cm³/mol. The summed E-state index contributed by atoms with van der Waals surface area (Å²) in [5.74, 6) is 0.468. The van der Waals surface area contributed by atoms with E-state index < -0.39 is 0 Å². The van der Waals surface area contributed by atoms with Crippen molar-refractivity contribution in [2.45, 2.75) is 20.8 Å². The molecule has 2 aromatic rings. The Labute approximate surface area is 145 Å². The fraction of sp³-hybridized carbons (Fsp3) is 0.211. The van der Waals surface area contributed by atoms with Crippen molar-refractivity contribution in [1.82, 2.24) is 0 Å². The van der Waals surface area contributed by atoms with Crippen LogP contribution < -0.4 is 10.1 Å². The lowest BCUT2D eigenvalue weighted by Crippen LogP contribution is -2.14.